The molecule has 0 aromatic heterocycles. The molecular weight excluding hydrogens is 204 g/mol. The van der Waals surface area contributed by atoms with Crippen LogP contribution in [0.2, 0.25) is 0 Å². The van der Waals surface area contributed by atoms with E-state index in [0.29, 0.717) is 0 Å². The largest absolute Gasteiger partial charge is 0.338 e. The maximum absolute atomic E-state index is 11.6. The van der Waals surface area contributed by atoms with Gasteiger partial charge in [0.15, 0.2) is 0 Å². The van der Waals surface area contributed by atoms with Gasteiger partial charge in [-0.1, -0.05) is 0 Å². The van der Waals surface area contributed by atoms with Crippen LogP contribution in [0.15, 0.2) is 9.81 Å². The van der Waals surface area contributed by atoms with Gasteiger partial charge in [-0.05, 0) is 12.8 Å². The van der Waals surface area contributed by atoms with Crippen molar-refractivity contribution in [1.82, 2.24) is 4.90 Å². The molecule has 1 fully saturated rings. The number of nitrogens with zero attached hydrogens (tertiary/aromatic N) is 2. The lowest BCUT2D eigenvalue weighted by Gasteiger charge is -2.14. The molecule has 3 nitrogen and oxygen atoms in total. The number of hydrogen-bond donors (Lipinski definition) is 2. The van der Waals surface area contributed by atoms with Crippen molar-refractivity contribution in [3.05, 3.63) is 9.81 Å². The van der Waals surface area contributed by atoms with Gasteiger partial charge in [0, 0.05) is 13.1 Å². The highest BCUT2D eigenvalue weighted by molar-refractivity contribution is 8.05. The van der Waals surface area contributed by atoms with Crippen LogP contribution >= 0.6 is 25.3 Å². The van der Waals surface area contributed by atoms with E-state index in [2.05, 4.69) is 25.3 Å². The standard InChI is InChI=1S/C8H10N2OS2/c9-5-6(8(12)13)7(11)10-3-1-2-4-10/h12-13H,1-4H2. The van der Waals surface area contributed by atoms with Gasteiger partial charge in [0.1, 0.15) is 11.6 Å². The Balaban J connectivity index is 2.77. The topological polar surface area (TPSA) is 44.1 Å². The van der Waals surface area contributed by atoms with Gasteiger partial charge >= 0.3 is 0 Å². The highest BCUT2D eigenvalue weighted by Gasteiger charge is 2.22. The normalized spacial score (nSPS) is 15.3. The number of amides is 1. The molecule has 0 aromatic rings. The third-order valence-corrected chi connectivity index (χ3v) is 2.39. The van der Waals surface area contributed by atoms with Crippen molar-refractivity contribution in [2.75, 3.05) is 13.1 Å². The molecule has 13 heavy (non-hydrogen) atoms. The lowest BCUT2D eigenvalue weighted by atomic mass is 10.3. The minimum atomic E-state index is -0.250. The molecule has 0 aliphatic carbocycles. The Morgan fingerprint density at radius 3 is 2.23 bits per heavy atom. The molecule has 1 amide bonds. The third-order valence-electron chi connectivity index (χ3n) is 1.94. The minimum absolute atomic E-state index is 0.0357. The summed E-state index contributed by atoms with van der Waals surface area (Å²) < 4.78 is 0.194. The zero-order valence-corrected chi connectivity index (χ0v) is 8.81. The maximum Gasteiger partial charge on any atom is 0.266 e. The quantitative estimate of drug-likeness (QED) is 0.391. The maximum atomic E-state index is 11.6. The predicted octanol–water partition coefficient (Wildman–Crippen LogP) is 1.20. The van der Waals surface area contributed by atoms with E-state index in [0.717, 1.165) is 25.9 Å². The zero-order valence-electron chi connectivity index (χ0n) is 7.03. The van der Waals surface area contributed by atoms with Crippen LogP contribution in [-0.4, -0.2) is 23.9 Å². The summed E-state index contributed by atoms with van der Waals surface area (Å²) in [6, 6.07) is 1.81. The van der Waals surface area contributed by atoms with E-state index in [1.165, 1.54) is 0 Å². The second-order valence-electron chi connectivity index (χ2n) is 2.81. The fraction of sp³-hybridized carbons (Fsp3) is 0.500. The van der Waals surface area contributed by atoms with Gasteiger partial charge in [0.2, 0.25) is 0 Å². The molecule has 1 rings (SSSR count). The highest BCUT2D eigenvalue weighted by Crippen LogP contribution is 2.17. The molecule has 5 heteroatoms. The van der Waals surface area contributed by atoms with Crippen molar-refractivity contribution in [3.8, 4) is 6.07 Å². The number of rotatable bonds is 1. The molecule has 70 valence electrons. The smallest absolute Gasteiger partial charge is 0.266 e. The first-order valence-corrected chi connectivity index (χ1v) is 4.88. The summed E-state index contributed by atoms with van der Waals surface area (Å²) >= 11 is 7.76. The molecule has 1 heterocycles. The first kappa shape index (κ1) is 10.5. The average Bonchev–Trinajstić information content (AvgIpc) is 2.56. The number of carbonyl (C=O) groups excluding carboxylic acids is 1. The lowest BCUT2D eigenvalue weighted by molar-refractivity contribution is -0.125. The lowest BCUT2D eigenvalue weighted by Crippen LogP contribution is -2.28. The molecule has 1 aliphatic heterocycles. The van der Waals surface area contributed by atoms with Crippen LogP contribution in [0.3, 0.4) is 0 Å². The van der Waals surface area contributed by atoms with E-state index in [1.807, 2.05) is 6.07 Å². The minimum Gasteiger partial charge on any atom is -0.338 e. The molecule has 0 bridgehead atoms. The van der Waals surface area contributed by atoms with Crippen LogP contribution in [0.25, 0.3) is 0 Å². The first-order valence-electron chi connectivity index (χ1n) is 3.98. The molecule has 0 atom stereocenters. The number of thiol groups is 2. The Kier molecular flexibility index (Phi) is 3.70. The van der Waals surface area contributed by atoms with Crippen molar-refractivity contribution >= 4 is 31.2 Å². The van der Waals surface area contributed by atoms with Gasteiger partial charge in [-0.25, -0.2) is 0 Å². The molecule has 0 aromatic carbocycles. The van der Waals surface area contributed by atoms with Crippen LogP contribution < -0.4 is 0 Å². The summed E-state index contributed by atoms with van der Waals surface area (Å²) in [7, 11) is 0. The SMILES string of the molecule is N#CC(C(=O)N1CCCC1)=C(S)S. The Bertz CT molecular complexity index is 283. The molecule has 0 spiro atoms. The van der Waals surface area contributed by atoms with E-state index in [9.17, 15) is 4.79 Å². The summed E-state index contributed by atoms with van der Waals surface area (Å²) in [5.74, 6) is -0.250. The Hall–Kier alpha value is -0.600. The van der Waals surface area contributed by atoms with E-state index in [1.54, 1.807) is 4.90 Å². The van der Waals surface area contributed by atoms with E-state index < -0.39 is 0 Å². The summed E-state index contributed by atoms with van der Waals surface area (Å²) in [4.78, 5) is 13.2. The molecule has 1 saturated heterocycles. The van der Waals surface area contributed by atoms with Crippen LogP contribution in [0.1, 0.15) is 12.8 Å². The van der Waals surface area contributed by atoms with Crippen LogP contribution in [0.4, 0.5) is 0 Å². The van der Waals surface area contributed by atoms with Crippen molar-refractivity contribution in [1.29, 1.82) is 5.26 Å². The fourth-order valence-electron chi connectivity index (χ4n) is 1.27. The Morgan fingerprint density at radius 2 is 1.85 bits per heavy atom. The van der Waals surface area contributed by atoms with Gasteiger partial charge in [0.05, 0.1) is 4.24 Å². The van der Waals surface area contributed by atoms with Gasteiger partial charge in [-0.2, -0.15) is 5.26 Å². The molecule has 1 aliphatic rings. The van der Waals surface area contributed by atoms with Crippen molar-refractivity contribution in [2.45, 2.75) is 12.8 Å². The van der Waals surface area contributed by atoms with Gasteiger partial charge < -0.3 is 4.90 Å². The Morgan fingerprint density at radius 1 is 1.31 bits per heavy atom. The molecule has 0 unspecified atom stereocenters. The number of nitriles is 1. The number of hydrogen-bond acceptors (Lipinski definition) is 4. The van der Waals surface area contributed by atoms with Crippen LogP contribution in [0.5, 0.6) is 0 Å². The second-order valence-corrected chi connectivity index (χ2v) is 4.06. The predicted molar refractivity (Wildman–Crippen MR) is 56.4 cm³/mol. The molecule has 0 N–H and O–H groups in total. The fourth-order valence-corrected chi connectivity index (χ4v) is 1.56. The third kappa shape index (κ3) is 2.42. The molecule has 0 radical (unpaired) electrons. The van der Waals surface area contributed by atoms with Gasteiger partial charge in [-0.15, -0.1) is 25.3 Å². The average molecular weight is 214 g/mol. The van der Waals surface area contributed by atoms with E-state index >= 15 is 0 Å². The molecule has 0 saturated carbocycles. The van der Waals surface area contributed by atoms with Gasteiger partial charge in [0.25, 0.3) is 5.91 Å². The first-order chi connectivity index (χ1) is 6.16. The monoisotopic (exact) mass is 214 g/mol. The van der Waals surface area contributed by atoms with Crippen molar-refractivity contribution in [3.63, 3.8) is 0 Å². The van der Waals surface area contributed by atoms with Crippen molar-refractivity contribution < 1.29 is 4.79 Å². The highest BCUT2D eigenvalue weighted by atomic mass is 32.2. The molecular formula is C8H10N2OS2. The number of carbonyl (C=O) groups is 1. The van der Waals surface area contributed by atoms with Crippen LogP contribution in [-0.2, 0) is 4.79 Å². The second kappa shape index (κ2) is 4.58. The van der Waals surface area contributed by atoms with E-state index in [4.69, 9.17) is 5.26 Å². The van der Waals surface area contributed by atoms with Crippen molar-refractivity contribution in [2.24, 2.45) is 0 Å². The number of likely N-dealkylation sites (tertiary alicyclic amines) is 1. The zero-order chi connectivity index (χ0) is 9.84. The Labute approximate surface area is 88.2 Å². The summed E-state index contributed by atoms with van der Waals surface area (Å²) in [6.45, 7) is 1.47. The van der Waals surface area contributed by atoms with Gasteiger partial charge in [-0.3, -0.25) is 4.79 Å². The van der Waals surface area contributed by atoms with E-state index in [-0.39, 0.29) is 15.7 Å². The summed E-state index contributed by atoms with van der Waals surface area (Å²) in [6.07, 6.45) is 2.03. The summed E-state index contributed by atoms with van der Waals surface area (Å²) in [5, 5.41) is 8.67. The van der Waals surface area contributed by atoms with Crippen LogP contribution in [0, 0.1) is 11.3 Å². The summed E-state index contributed by atoms with van der Waals surface area (Å²) in [5.41, 5.74) is 0.0357.